The molecule has 0 spiro atoms. The van der Waals surface area contributed by atoms with Crippen LogP contribution in [0.25, 0.3) is 0 Å². The predicted molar refractivity (Wildman–Crippen MR) is 191 cm³/mol. The first-order valence-corrected chi connectivity index (χ1v) is 20.2. The maximum absolute atomic E-state index is 14.1. The molecule has 1 amide bonds. The van der Waals surface area contributed by atoms with E-state index in [-0.39, 0.29) is 45.6 Å². The Labute approximate surface area is 296 Å². The third-order valence-corrected chi connectivity index (χ3v) is 17.8. The molecule has 5 aliphatic carbocycles. The number of hydrogen-bond donors (Lipinski definition) is 2. The van der Waals surface area contributed by atoms with Gasteiger partial charge >= 0.3 is 11.9 Å². The summed E-state index contributed by atoms with van der Waals surface area (Å²) < 4.78 is 6.19. The largest absolute Gasteiger partial charge is 0.481 e. The van der Waals surface area contributed by atoms with E-state index in [4.69, 9.17) is 4.74 Å². The topological polar surface area (TPSA) is 95.9 Å². The summed E-state index contributed by atoms with van der Waals surface area (Å²) in [5, 5.41) is 13.2. The third-order valence-electron chi connectivity index (χ3n) is 17.8. The zero-order valence-electron chi connectivity index (χ0n) is 32.3. The number of esters is 1. The number of carboxylic acids is 1. The molecule has 2 saturated heterocycles. The standard InChI is InChI=1S/C42H68N2O5/c1-25(2)28-12-17-42(21-33(45)44-24-26-20-27(44)23-43-26)19-18-40(8)29(35(28)42)10-11-31-39(7)15-14-32(49-34(46)22-37(3,4)36(47)48)38(5,6)30(39)13-16-41(31,40)9/h25-32,35,43H,10-24H2,1-9H3,(H,47,48)/t26?,27?,28-,29+,30-,31+,32-,35+,39-,40+,41+,42+/m0/s1. The van der Waals surface area contributed by atoms with Crippen molar-refractivity contribution in [1.82, 2.24) is 10.2 Å². The first-order valence-electron chi connectivity index (χ1n) is 20.2. The lowest BCUT2D eigenvalue weighted by molar-refractivity contribution is -0.252. The lowest BCUT2D eigenvalue weighted by Gasteiger charge is -2.73. The lowest BCUT2D eigenvalue weighted by Crippen LogP contribution is -2.67. The van der Waals surface area contributed by atoms with Crippen LogP contribution in [0.5, 0.6) is 0 Å². The summed E-state index contributed by atoms with van der Waals surface area (Å²) in [6, 6.07) is 0.917. The average Bonchev–Trinajstić information content (AvgIpc) is 3.74. The number of nitrogens with zero attached hydrogens (tertiary/aromatic N) is 1. The summed E-state index contributed by atoms with van der Waals surface area (Å²) in [4.78, 5) is 41.2. The molecule has 2 unspecified atom stereocenters. The SMILES string of the molecule is CC(C)[C@@H]1CC[C@]2(CC(=O)N3CC4CC3CN4)CC[C@]3(C)[C@H](CC[C@@H]4[C@@]5(C)CC[C@H](OC(=O)CC(C)(C)C(=O)O)C(C)(C)[C@@H]5CC[C@]43C)[C@@H]12. The van der Waals surface area contributed by atoms with Gasteiger partial charge in [-0.25, -0.2) is 0 Å². The number of likely N-dealkylation sites (tertiary alicyclic amines) is 1. The molecular formula is C42H68N2O5. The number of carbonyl (C=O) groups is 3. The number of ether oxygens (including phenoxy) is 1. The highest BCUT2D eigenvalue weighted by molar-refractivity contribution is 5.81. The zero-order valence-corrected chi connectivity index (χ0v) is 32.3. The van der Waals surface area contributed by atoms with Crippen LogP contribution < -0.4 is 5.32 Å². The van der Waals surface area contributed by atoms with Crippen molar-refractivity contribution >= 4 is 17.8 Å². The van der Waals surface area contributed by atoms with Crippen LogP contribution in [0.1, 0.15) is 146 Å². The fourth-order valence-electron chi connectivity index (χ4n) is 14.9. The van der Waals surface area contributed by atoms with Crippen LogP contribution in [0.2, 0.25) is 0 Å². The molecular weight excluding hydrogens is 612 g/mol. The summed E-state index contributed by atoms with van der Waals surface area (Å²) in [5.74, 6) is 2.85. The first-order chi connectivity index (χ1) is 22.8. The van der Waals surface area contributed by atoms with Crippen LogP contribution in [0.4, 0.5) is 0 Å². The van der Waals surface area contributed by atoms with Crippen molar-refractivity contribution in [2.45, 2.75) is 164 Å². The van der Waals surface area contributed by atoms with Crippen LogP contribution in [-0.2, 0) is 19.1 Å². The molecule has 7 fully saturated rings. The number of fused-ring (bicyclic) bond motifs is 9. The molecule has 7 aliphatic rings. The molecule has 2 aliphatic heterocycles. The van der Waals surface area contributed by atoms with Crippen molar-refractivity contribution < 1.29 is 24.2 Å². The van der Waals surface area contributed by atoms with E-state index in [1.807, 2.05) is 0 Å². The summed E-state index contributed by atoms with van der Waals surface area (Å²) >= 11 is 0. The highest BCUT2D eigenvalue weighted by atomic mass is 16.5. The van der Waals surface area contributed by atoms with Gasteiger partial charge in [-0.1, -0.05) is 48.5 Å². The lowest BCUT2D eigenvalue weighted by atomic mass is 9.32. The van der Waals surface area contributed by atoms with Crippen molar-refractivity contribution in [3.8, 4) is 0 Å². The highest BCUT2D eigenvalue weighted by Crippen LogP contribution is 2.78. The summed E-state index contributed by atoms with van der Waals surface area (Å²) in [6.45, 7) is 22.6. The van der Waals surface area contributed by atoms with Crippen molar-refractivity contribution in [3.05, 3.63) is 0 Å². The van der Waals surface area contributed by atoms with Gasteiger partial charge in [0.2, 0.25) is 5.91 Å². The van der Waals surface area contributed by atoms with Gasteiger partial charge in [0.05, 0.1) is 11.8 Å². The van der Waals surface area contributed by atoms with E-state index in [0.717, 1.165) is 45.2 Å². The maximum atomic E-state index is 14.1. The van der Waals surface area contributed by atoms with Gasteiger partial charge < -0.3 is 20.1 Å². The van der Waals surface area contributed by atoms with E-state index in [9.17, 15) is 19.5 Å². The first kappa shape index (κ1) is 35.8. The van der Waals surface area contributed by atoms with Crippen LogP contribution in [0.15, 0.2) is 0 Å². The molecule has 2 heterocycles. The summed E-state index contributed by atoms with van der Waals surface area (Å²) in [5.41, 5.74) is -0.466. The Hall–Kier alpha value is -1.63. The number of hydrogen-bond acceptors (Lipinski definition) is 5. The second-order valence-electron chi connectivity index (χ2n) is 20.9. The van der Waals surface area contributed by atoms with Gasteiger partial charge in [-0.2, -0.15) is 0 Å². The second kappa shape index (κ2) is 11.7. The number of carbonyl (C=O) groups excluding carboxylic acids is 2. The monoisotopic (exact) mass is 681 g/mol. The van der Waals surface area contributed by atoms with E-state index >= 15 is 0 Å². The normalized spacial score (nSPS) is 46.9. The van der Waals surface area contributed by atoms with Gasteiger partial charge in [-0.15, -0.1) is 0 Å². The quantitative estimate of drug-likeness (QED) is 0.264. The predicted octanol–water partition coefficient (Wildman–Crippen LogP) is 8.10. The van der Waals surface area contributed by atoms with Gasteiger partial charge in [0.25, 0.3) is 0 Å². The van der Waals surface area contributed by atoms with Crippen LogP contribution >= 0.6 is 0 Å². The number of carboxylic acid groups (broad SMARTS) is 1. The van der Waals surface area contributed by atoms with E-state index < -0.39 is 11.4 Å². The Morgan fingerprint density at radius 1 is 0.898 bits per heavy atom. The van der Waals surface area contributed by atoms with Crippen LogP contribution in [0, 0.1) is 68.0 Å². The molecule has 7 rings (SSSR count). The molecule has 7 nitrogen and oxygen atoms in total. The van der Waals surface area contributed by atoms with Gasteiger partial charge in [-0.05, 0) is 142 Å². The minimum absolute atomic E-state index is 0.0980. The molecule has 276 valence electrons. The van der Waals surface area contributed by atoms with Crippen molar-refractivity contribution in [3.63, 3.8) is 0 Å². The second-order valence-corrected chi connectivity index (χ2v) is 20.9. The Morgan fingerprint density at radius 2 is 1.63 bits per heavy atom. The van der Waals surface area contributed by atoms with E-state index in [1.165, 1.54) is 44.9 Å². The van der Waals surface area contributed by atoms with E-state index in [2.05, 4.69) is 58.7 Å². The van der Waals surface area contributed by atoms with Crippen molar-refractivity contribution in [1.29, 1.82) is 0 Å². The van der Waals surface area contributed by atoms with Crippen molar-refractivity contribution in [2.24, 2.45) is 68.0 Å². The van der Waals surface area contributed by atoms with E-state index in [1.54, 1.807) is 13.8 Å². The molecule has 5 saturated carbocycles. The van der Waals surface area contributed by atoms with Gasteiger partial charge in [0.1, 0.15) is 6.10 Å². The molecule has 0 aromatic carbocycles. The van der Waals surface area contributed by atoms with Crippen LogP contribution in [0.3, 0.4) is 0 Å². The molecule has 2 bridgehead atoms. The molecule has 0 aromatic rings. The van der Waals surface area contributed by atoms with Crippen LogP contribution in [-0.4, -0.2) is 59.1 Å². The highest BCUT2D eigenvalue weighted by Gasteiger charge is 2.71. The number of rotatable bonds is 7. The fourth-order valence-corrected chi connectivity index (χ4v) is 14.9. The number of aliphatic carboxylic acids is 1. The molecule has 49 heavy (non-hydrogen) atoms. The van der Waals surface area contributed by atoms with E-state index in [0.29, 0.717) is 53.5 Å². The summed E-state index contributed by atoms with van der Waals surface area (Å²) in [7, 11) is 0. The Balaban J connectivity index is 1.13. The Morgan fingerprint density at radius 3 is 2.27 bits per heavy atom. The minimum Gasteiger partial charge on any atom is -0.481 e. The minimum atomic E-state index is -1.13. The smallest absolute Gasteiger partial charge is 0.309 e. The van der Waals surface area contributed by atoms with Gasteiger partial charge in [0, 0.05) is 37.0 Å². The molecule has 0 aromatic heterocycles. The fraction of sp³-hybridized carbons (Fsp3) is 0.929. The maximum Gasteiger partial charge on any atom is 0.309 e. The Bertz CT molecular complexity index is 1360. The Kier molecular flexibility index (Phi) is 8.53. The third kappa shape index (κ3) is 5.21. The molecule has 7 heteroatoms. The van der Waals surface area contributed by atoms with Crippen molar-refractivity contribution in [2.75, 3.05) is 13.1 Å². The molecule has 2 N–H and O–H groups in total. The number of amides is 1. The number of piperazine rings is 1. The molecule has 12 atom stereocenters. The number of nitrogens with one attached hydrogen (secondary N) is 1. The zero-order chi connectivity index (χ0) is 35.5. The van der Waals surface area contributed by atoms with Gasteiger partial charge in [-0.3, -0.25) is 14.4 Å². The summed E-state index contributed by atoms with van der Waals surface area (Å²) in [6.07, 6.45) is 13.4. The van der Waals surface area contributed by atoms with Gasteiger partial charge in [0.15, 0.2) is 0 Å². The molecule has 0 radical (unpaired) electrons. The average molecular weight is 681 g/mol.